The van der Waals surface area contributed by atoms with E-state index in [2.05, 4.69) is 37.1 Å². The molecule has 1 atom stereocenters. The number of urea groups is 1. The topological polar surface area (TPSA) is 58.4 Å². The monoisotopic (exact) mass is 285 g/mol. The van der Waals surface area contributed by atoms with Crippen LogP contribution in [0.5, 0.6) is 0 Å². The van der Waals surface area contributed by atoms with Gasteiger partial charge in [0, 0.05) is 17.1 Å². The van der Waals surface area contributed by atoms with E-state index in [1.807, 2.05) is 23.1 Å². The number of carbonyl (C=O) groups excluding carboxylic acids is 1. The van der Waals surface area contributed by atoms with E-state index in [9.17, 15) is 4.79 Å². The number of para-hydroxylation sites is 1. The van der Waals surface area contributed by atoms with Crippen LogP contribution in [-0.2, 0) is 12.0 Å². The van der Waals surface area contributed by atoms with Crippen molar-refractivity contribution in [3.05, 3.63) is 48.2 Å². The molecule has 1 aromatic carbocycles. The predicted octanol–water partition coefficient (Wildman–Crippen LogP) is 3.07. The molecule has 2 heterocycles. The lowest BCUT2D eigenvalue weighted by molar-refractivity contribution is 0.242. The van der Waals surface area contributed by atoms with Gasteiger partial charge in [-0.2, -0.15) is 0 Å². The Morgan fingerprint density at radius 1 is 1.43 bits per heavy atom. The van der Waals surface area contributed by atoms with Gasteiger partial charge in [-0.15, -0.1) is 0 Å². The van der Waals surface area contributed by atoms with Crippen molar-refractivity contribution in [2.24, 2.45) is 0 Å². The smallest absolute Gasteiger partial charge is 0.322 e. The molecule has 1 N–H and O–H groups in total. The van der Waals surface area contributed by atoms with Crippen molar-refractivity contribution in [2.75, 3.05) is 4.90 Å². The quantitative estimate of drug-likeness (QED) is 0.922. The van der Waals surface area contributed by atoms with Crippen LogP contribution >= 0.6 is 0 Å². The first-order valence-electron chi connectivity index (χ1n) is 7.05. The van der Waals surface area contributed by atoms with E-state index in [-0.39, 0.29) is 17.5 Å². The molecule has 5 nitrogen and oxygen atoms in total. The molecule has 2 aromatic rings. The van der Waals surface area contributed by atoms with Crippen molar-refractivity contribution in [1.29, 1.82) is 0 Å². The molecule has 1 aliphatic heterocycles. The van der Waals surface area contributed by atoms with Crippen LogP contribution in [0.25, 0.3) is 0 Å². The average molecular weight is 285 g/mol. The Bertz CT molecular complexity index is 649. The van der Waals surface area contributed by atoms with Crippen molar-refractivity contribution in [2.45, 2.75) is 38.8 Å². The van der Waals surface area contributed by atoms with Gasteiger partial charge in [0.05, 0.1) is 12.2 Å². The number of rotatable bonds is 2. The van der Waals surface area contributed by atoms with Gasteiger partial charge in [0.15, 0.2) is 6.39 Å². The number of hydrogen-bond donors (Lipinski definition) is 1. The maximum Gasteiger partial charge on any atom is 0.322 e. The van der Waals surface area contributed by atoms with Crippen LogP contribution in [0.4, 0.5) is 10.5 Å². The summed E-state index contributed by atoms with van der Waals surface area (Å²) in [5.74, 6) is 0. The molecule has 0 bridgehead atoms. The number of carbonyl (C=O) groups is 1. The second-order valence-corrected chi connectivity index (χ2v) is 5.92. The SMILES string of the molecule is CC1N(C(=O)NCc2cocn2)c2ccccc2C1(C)C. The molecule has 1 aromatic heterocycles. The first-order valence-corrected chi connectivity index (χ1v) is 7.05. The molecule has 0 spiro atoms. The summed E-state index contributed by atoms with van der Waals surface area (Å²) in [5, 5.41) is 2.90. The third kappa shape index (κ3) is 2.18. The standard InChI is InChI=1S/C16H19N3O2/c1-11-16(2,3)13-6-4-5-7-14(13)19(11)15(20)17-8-12-9-21-10-18-12/h4-7,9-11H,8H2,1-3H3,(H,17,20). The van der Waals surface area contributed by atoms with E-state index < -0.39 is 0 Å². The fraction of sp³-hybridized carbons (Fsp3) is 0.375. The summed E-state index contributed by atoms with van der Waals surface area (Å²) < 4.78 is 4.91. The van der Waals surface area contributed by atoms with Gasteiger partial charge in [-0.3, -0.25) is 4.90 Å². The molecule has 21 heavy (non-hydrogen) atoms. The summed E-state index contributed by atoms with van der Waals surface area (Å²) in [4.78, 5) is 18.4. The molecule has 0 saturated heterocycles. The number of hydrogen-bond acceptors (Lipinski definition) is 3. The molecule has 0 saturated carbocycles. The van der Waals surface area contributed by atoms with Crippen LogP contribution in [0.15, 0.2) is 41.3 Å². The lowest BCUT2D eigenvalue weighted by atomic mass is 9.81. The summed E-state index contributed by atoms with van der Waals surface area (Å²) in [6, 6.07) is 8.05. The fourth-order valence-corrected chi connectivity index (χ4v) is 2.85. The maximum absolute atomic E-state index is 12.6. The fourth-order valence-electron chi connectivity index (χ4n) is 2.85. The van der Waals surface area contributed by atoms with Crippen LogP contribution in [0.1, 0.15) is 32.0 Å². The number of aromatic nitrogens is 1. The van der Waals surface area contributed by atoms with Crippen molar-refractivity contribution in [3.63, 3.8) is 0 Å². The molecule has 2 amide bonds. The number of fused-ring (bicyclic) bond motifs is 1. The highest BCUT2D eigenvalue weighted by atomic mass is 16.3. The van der Waals surface area contributed by atoms with Gasteiger partial charge in [-0.25, -0.2) is 9.78 Å². The lowest BCUT2D eigenvalue weighted by Gasteiger charge is -2.30. The van der Waals surface area contributed by atoms with E-state index in [0.717, 1.165) is 5.69 Å². The molecule has 110 valence electrons. The largest absolute Gasteiger partial charge is 0.451 e. The Hall–Kier alpha value is -2.30. The predicted molar refractivity (Wildman–Crippen MR) is 80.1 cm³/mol. The van der Waals surface area contributed by atoms with Crippen LogP contribution in [0.3, 0.4) is 0 Å². The molecule has 5 heteroatoms. The van der Waals surface area contributed by atoms with Crippen molar-refractivity contribution in [1.82, 2.24) is 10.3 Å². The molecule has 1 aliphatic rings. The average Bonchev–Trinajstić information content (AvgIpc) is 3.04. The molecule has 3 rings (SSSR count). The zero-order chi connectivity index (χ0) is 15.0. The molecular formula is C16H19N3O2. The first-order chi connectivity index (χ1) is 10.0. The number of nitrogens with zero attached hydrogens (tertiary/aromatic N) is 2. The number of oxazole rings is 1. The van der Waals surface area contributed by atoms with Crippen LogP contribution in [0.2, 0.25) is 0 Å². The third-order valence-corrected chi connectivity index (χ3v) is 4.41. The highest BCUT2D eigenvalue weighted by Gasteiger charge is 2.44. The number of amides is 2. The van der Waals surface area contributed by atoms with Crippen LogP contribution < -0.4 is 10.2 Å². The zero-order valence-electron chi connectivity index (χ0n) is 12.5. The van der Waals surface area contributed by atoms with E-state index in [1.54, 1.807) is 0 Å². The van der Waals surface area contributed by atoms with Gasteiger partial charge in [-0.05, 0) is 18.6 Å². The summed E-state index contributed by atoms with van der Waals surface area (Å²) in [5.41, 5.74) is 2.83. The highest BCUT2D eigenvalue weighted by molar-refractivity contribution is 5.95. The Balaban J connectivity index is 1.83. The van der Waals surface area contributed by atoms with Crippen molar-refractivity contribution in [3.8, 4) is 0 Å². The molecule has 0 aliphatic carbocycles. The Kier molecular flexibility index (Phi) is 3.20. The summed E-state index contributed by atoms with van der Waals surface area (Å²) in [6.07, 6.45) is 2.89. The Morgan fingerprint density at radius 2 is 2.19 bits per heavy atom. The summed E-state index contributed by atoms with van der Waals surface area (Å²) in [7, 11) is 0. The van der Waals surface area contributed by atoms with Gasteiger partial charge < -0.3 is 9.73 Å². The second kappa shape index (κ2) is 4.91. The van der Waals surface area contributed by atoms with Gasteiger partial charge >= 0.3 is 6.03 Å². The minimum Gasteiger partial charge on any atom is -0.451 e. The van der Waals surface area contributed by atoms with Gasteiger partial charge in [0.2, 0.25) is 0 Å². The number of anilines is 1. The normalized spacial score (nSPS) is 19.4. The summed E-state index contributed by atoms with van der Waals surface area (Å²) in [6.45, 7) is 6.78. The van der Waals surface area contributed by atoms with Gasteiger partial charge in [0.1, 0.15) is 6.26 Å². The minimum absolute atomic E-state index is 0.0676. The molecule has 1 unspecified atom stereocenters. The molecule has 0 fully saturated rings. The molecule has 0 radical (unpaired) electrons. The van der Waals surface area contributed by atoms with E-state index in [0.29, 0.717) is 12.2 Å². The number of nitrogens with one attached hydrogen (secondary N) is 1. The minimum atomic E-state index is -0.108. The summed E-state index contributed by atoms with van der Waals surface area (Å²) >= 11 is 0. The first kappa shape index (κ1) is 13.7. The highest BCUT2D eigenvalue weighted by Crippen LogP contribution is 2.44. The van der Waals surface area contributed by atoms with Crippen LogP contribution in [0, 0.1) is 0 Å². The maximum atomic E-state index is 12.6. The molecular weight excluding hydrogens is 266 g/mol. The van der Waals surface area contributed by atoms with Crippen molar-refractivity contribution < 1.29 is 9.21 Å². The van der Waals surface area contributed by atoms with Crippen LogP contribution in [-0.4, -0.2) is 17.1 Å². The van der Waals surface area contributed by atoms with E-state index in [4.69, 9.17) is 4.42 Å². The third-order valence-electron chi connectivity index (χ3n) is 4.41. The van der Waals surface area contributed by atoms with Gasteiger partial charge in [-0.1, -0.05) is 32.0 Å². The van der Waals surface area contributed by atoms with Gasteiger partial charge in [0.25, 0.3) is 0 Å². The second-order valence-electron chi connectivity index (χ2n) is 5.92. The Labute approximate surface area is 124 Å². The number of benzene rings is 1. The van der Waals surface area contributed by atoms with Crippen molar-refractivity contribution >= 4 is 11.7 Å². The zero-order valence-corrected chi connectivity index (χ0v) is 12.5. The van der Waals surface area contributed by atoms with E-state index >= 15 is 0 Å². The van der Waals surface area contributed by atoms with E-state index in [1.165, 1.54) is 18.2 Å². The lowest BCUT2D eigenvalue weighted by Crippen LogP contribution is -2.47. The Morgan fingerprint density at radius 3 is 2.90 bits per heavy atom.